The summed E-state index contributed by atoms with van der Waals surface area (Å²) in [6, 6.07) is 14.2. The lowest BCUT2D eigenvalue weighted by molar-refractivity contribution is -0.134. The number of H-pyrrole nitrogens is 1. The molecule has 0 radical (unpaired) electrons. The van der Waals surface area contributed by atoms with E-state index in [1.165, 1.54) is 24.7 Å². The van der Waals surface area contributed by atoms with Crippen molar-refractivity contribution in [2.45, 2.75) is 52.2 Å². The molecular formula is C50H58F2N12O7. The number of hydrogen-bond donors (Lipinski definition) is 2. The highest BCUT2D eigenvalue weighted by Crippen LogP contribution is 2.25. The Morgan fingerprint density at radius 2 is 1.51 bits per heavy atom. The molecule has 19 nitrogen and oxygen atoms in total. The first-order valence-corrected chi connectivity index (χ1v) is 23.8. The number of nitrogens with one attached hydrogen (secondary N) is 2. The number of fused-ring (bicyclic) bond motifs is 1. The summed E-state index contributed by atoms with van der Waals surface area (Å²) in [5.74, 6) is -2.64. The molecule has 3 fully saturated rings. The number of ether oxygens (including phenoxy) is 1. The maximum absolute atomic E-state index is 15.1. The fourth-order valence-electron chi connectivity index (χ4n) is 9.12. The standard InChI is InChI=1S/C50H58F2N12O7/c1-50(2,3)71-49(70)64(29-36-10-13-53-32-55-36)30-43(65)56-42-26-35(51)27-54-45(42)48(69)62-14-11-33(12-15-62)28-59-16-18-60(19-17-59)31-44(66)61-20-22-63(23-21-61)47(68)39-24-34(8-9-40(39)52)25-41-37-6-4-5-7-38(37)46(67)58-57-41/h4-10,13,24,26-27,32-33H,11-12,14-23,25,28-31H2,1-3H3,(H,56,65)(H,58,67). The monoisotopic (exact) mass is 976 g/mol. The largest absolute Gasteiger partial charge is 0.444 e. The molecule has 0 aliphatic carbocycles. The molecule has 5 aromatic rings. The van der Waals surface area contributed by atoms with E-state index in [4.69, 9.17) is 4.74 Å². The van der Waals surface area contributed by atoms with Crippen molar-refractivity contribution in [3.63, 3.8) is 0 Å². The van der Waals surface area contributed by atoms with Crippen molar-refractivity contribution in [1.82, 2.24) is 54.5 Å². The summed E-state index contributed by atoms with van der Waals surface area (Å²) in [6.07, 6.45) is 4.76. The number of amides is 5. The van der Waals surface area contributed by atoms with Gasteiger partial charge in [0.1, 0.15) is 30.1 Å². The zero-order chi connectivity index (χ0) is 50.2. The number of aromatic amines is 1. The molecular weight excluding hydrogens is 919 g/mol. The number of piperidine rings is 1. The van der Waals surface area contributed by atoms with Crippen LogP contribution in [0.3, 0.4) is 0 Å². The molecule has 0 atom stereocenters. The molecule has 8 rings (SSSR count). The Balaban J connectivity index is 0.763. The van der Waals surface area contributed by atoms with E-state index < -0.39 is 47.6 Å². The maximum atomic E-state index is 15.1. The fraction of sp³-hybridized carbons (Fsp3) is 0.440. The lowest BCUT2D eigenvalue weighted by atomic mass is 9.95. The summed E-state index contributed by atoms with van der Waals surface area (Å²) < 4.78 is 35.1. The molecule has 374 valence electrons. The quantitative estimate of drug-likeness (QED) is 0.172. The average molecular weight is 977 g/mol. The van der Waals surface area contributed by atoms with Crippen molar-refractivity contribution in [1.29, 1.82) is 0 Å². The molecule has 6 heterocycles. The Morgan fingerprint density at radius 1 is 0.817 bits per heavy atom. The van der Waals surface area contributed by atoms with Gasteiger partial charge in [-0.05, 0) is 69.4 Å². The minimum atomic E-state index is -0.839. The lowest BCUT2D eigenvalue weighted by Gasteiger charge is -2.40. The third kappa shape index (κ3) is 12.9. The van der Waals surface area contributed by atoms with Crippen molar-refractivity contribution in [3.05, 3.63) is 124 Å². The van der Waals surface area contributed by atoms with E-state index in [0.29, 0.717) is 72.9 Å². The summed E-state index contributed by atoms with van der Waals surface area (Å²) >= 11 is 0. The number of aromatic nitrogens is 5. The second-order valence-corrected chi connectivity index (χ2v) is 19.2. The van der Waals surface area contributed by atoms with Crippen LogP contribution in [0.25, 0.3) is 10.8 Å². The number of pyridine rings is 1. The molecule has 5 amide bonds. The third-order valence-corrected chi connectivity index (χ3v) is 12.9. The number of halogens is 2. The Labute approximate surface area is 409 Å². The summed E-state index contributed by atoms with van der Waals surface area (Å²) in [4.78, 5) is 102. The van der Waals surface area contributed by atoms with E-state index in [2.05, 4.69) is 40.3 Å². The number of benzene rings is 2. The summed E-state index contributed by atoms with van der Waals surface area (Å²) in [5.41, 5.74) is 0.343. The highest BCUT2D eigenvalue weighted by atomic mass is 19.1. The van der Waals surface area contributed by atoms with Crippen molar-refractivity contribution in [2.75, 3.05) is 90.4 Å². The van der Waals surface area contributed by atoms with Crippen molar-refractivity contribution in [3.8, 4) is 0 Å². The Kier molecular flexibility index (Phi) is 15.7. The molecule has 3 aliphatic heterocycles. The van der Waals surface area contributed by atoms with Gasteiger partial charge in [-0.3, -0.25) is 33.8 Å². The molecule has 0 saturated carbocycles. The van der Waals surface area contributed by atoms with Crippen LogP contribution in [0.5, 0.6) is 0 Å². The van der Waals surface area contributed by atoms with E-state index in [-0.39, 0.29) is 61.0 Å². The molecule has 3 aromatic heterocycles. The van der Waals surface area contributed by atoms with Crippen LogP contribution in [-0.2, 0) is 27.3 Å². The first-order chi connectivity index (χ1) is 34.1. The van der Waals surface area contributed by atoms with Gasteiger partial charge in [-0.2, -0.15) is 5.10 Å². The van der Waals surface area contributed by atoms with Gasteiger partial charge < -0.3 is 29.7 Å². The van der Waals surface area contributed by atoms with Gasteiger partial charge >= 0.3 is 6.09 Å². The van der Waals surface area contributed by atoms with Crippen LogP contribution >= 0.6 is 0 Å². The Hall–Kier alpha value is -7.26. The van der Waals surface area contributed by atoms with Gasteiger partial charge in [0.15, 0.2) is 5.69 Å². The van der Waals surface area contributed by atoms with Crippen LogP contribution < -0.4 is 10.9 Å². The number of hydrogen-bond acceptors (Lipinski definition) is 13. The number of anilines is 1. The van der Waals surface area contributed by atoms with E-state index in [1.54, 1.807) is 59.7 Å². The van der Waals surface area contributed by atoms with Gasteiger partial charge in [0, 0.05) is 96.1 Å². The molecule has 2 aromatic carbocycles. The molecule has 21 heteroatoms. The van der Waals surface area contributed by atoms with Crippen LogP contribution in [0.1, 0.15) is 71.4 Å². The summed E-state index contributed by atoms with van der Waals surface area (Å²) in [7, 11) is 0. The summed E-state index contributed by atoms with van der Waals surface area (Å²) in [5, 5.41) is 10.5. The highest BCUT2D eigenvalue weighted by molar-refractivity contribution is 6.03. The van der Waals surface area contributed by atoms with Crippen molar-refractivity contribution in [2.24, 2.45) is 5.92 Å². The van der Waals surface area contributed by atoms with Crippen LogP contribution in [0.4, 0.5) is 19.3 Å². The number of carbonyl (C=O) groups excluding carboxylic acids is 5. The fourth-order valence-corrected chi connectivity index (χ4v) is 9.12. The SMILES string of the molecule is CC(C)(C)OC(=O)N(CC(=O)Nc1cc(F)cnc1C(=O)N1CCC(CN2CCN(CC(=O)N3CCN(C(=O)c4cc(Cc5n[nH]c(=O)c6ccccc56)ccc4F)CC3)CC2)CC1)Cc1ccncn1. The van der Waals surface area contributed by atoms with Crippen LogP contribution in [0.2, 0.25) is 0 Å². The number of carbonyl (C=O) groups is 5. The van der Waals surface area contributed by atoms with Crippen molar-refractivity contribution >= 4 is 46.2 Å². The average Bonchev–Trinajstić information content (AvgIpc) is 3.35. The third-order valence-electron chi connectivity index (χ3n) is 12.9. The lowest BCUT2D eigenvalue weighted by Crippen LogP contribution is -2.55. The number of nitrogens with zero attached hydrogens (tertiary/aromatic N) is 10. The molecule has 2 N–H and O–H groups in total. The van der Waals surface area contributed by atoms with E-state index in [1.807, 2.05) is 12.1 Å². The maximum Gasteiger partial charge on any atom is 0.411 e. The molecule has 0 spiro atoms. The first-order valence-electron chi connectivity index (χ1n) is 23.8. The topological polar surface area (TPSA) is 210 Å². The molecule has 71 heavy (non-hydrogen) atoms. The number of rotatable bonds is 13. The molecule has 3 aliphatic rings. The van der Waals surface area contributed by atoms with Gasteiger partial charge in [0.25, 0.3) is 17.4 Å². The summed E-state index contributed by atoms with van der Waals surface area (Å²) in [6.45, 7) is 10.8. The smallest absolute Gasteiger partial charge is 0.411 e. The Bertz CT molecular complexity index is 2800. The second kappa shape index (κ2) is 22.2. The zero-order valence-electron chi connectivity index (χ0n) is 40.1. The molecule has 3 saturated heterocycles. The van der Waals surface area contributed by atoms with Crippen LogP contribution in [0.15, 0.2) is 78.1 Å². The van der Waals surface area contributed by atoms with Crippen LogP contribution in [-0.4, -0.2) is 175 Å². The van der Waals surface area contributed by atoms with E-state index >= 15 is 4.39 Å². The van der Waals surface area contributed by atoms with Crippen LogP contribution in [0, 0.1) is 17.6 Å². The highest BCUT2D eigenvalue weighted by Gasteiger charge is 2.32. The minimum absolute atomic E-state index is 0.0175. The molecule has 0 bridgehead atoms. The number of piperazine rings is 2. The predicted octanol–water partition coefficient (Wildman–Crippen LogP) is 3.81. The van der Waals surface area contributed by atoms with E-state index in [0.717, 1.165) is 49.6 Å². The minimum Gasteiger partial charge on any atom is -0.444 e. The van der Waals surface area contributed by atoms with Gasteiger partial charge in [-0.1, -0.05) is 24.3 Å². The van der Waals surface area contributed by atoms with E-state index in [9.17, 15) is 33.2 Å². The zero-order valence-corrected chi connectivity index (χ0v) is 40.1. The number of likely N-dealkylation sites (tertiary alicyclic amines) is 1. The van der Waals surface area contributed by atoms with Crippen molar-refractivity contribution < 1.29 is 37.5 Å². The predicted molar refractivity (Wildman–Crippen MR) is 257 cm³/mol. The van der Waals surface area contributed by atoms with Gasteiger partial charge in [-0.15, -0.1) is 0 Å². The van der Waals surface area contributed by atoms with Gasteiger partial charge in [0.05, 0.1) is 47.3 Å². The second-order valence-electron chi connectivity index (χ2n) is 19.2. The molecule has 0 unspecified atom stereocenters. The normalized spacial score (nSPS) is 16.2. The Morgan fingerprint density at radius 3 is 2.21 bits per heavy atom. The first kappa shape index (κ1) is 50.1. The van der Waals surface area contributed by atoms with Gasteiger partial charge in [-0.25, -0.2) is 33.6 Å². The van der Waals surface area contributed by atoms with Gasteiger partial charge in [0.2, 0.25) is 11.8 Å².